The van der Waals surface area contributed by atoms with Crippen molar-refractivity contribution < 1.29 is 9.90 Å². The van der Waals surface area contributed by atoms with E-state index in [1.807, 2.05) is 30.3 Å². The number of pyridine rings is 2. The van der Waals surface area contributed by atoms with E-state index in [1.54, 1.807) is 24.5 Å². The second-order valence-corrected chi connectivity index (χ2v) is 10.9. The van der Waals surface area contributed by atoms with E-state index in [1.165, 1.54) is 0 Å². The zero-order chi connectivity index (χ0) is 26.4. The fourth-order valence-electron chi connectivity index (χ4n) is 5.00. The highest BCUT2D eigenvalue weighted by atomic mass is 35.5. The molecule has 0 amide bonds. The molecule has 0 radical (unpaired) electrons. The van der Waals surface area contributed by atoms with Gasteiger partial charge in [0.05, 0.1) is 38.7 Å². The van der Waals surface area contributed by atoms with Gasteiger partial charge in [0.15, 0.2) is 11.5 Å². The number of fused-ring (bicyclic) bond motifs is 1. The molecule has 39 heavy (non-hydrogen) atoms. The zero-order valence-corrected chi connectivity index (χ0v) is 23.4. The van der Waals surface area contributed by atoms with E-state index in [0.29, 0.717) is 11.3 Å². The van der Waals surface area contributed by atoms with Crippen LogP contribution in [-0.4, -0.2) is 40.0 Å². The molecule has 7 nitrogen and oxygen atoms in total. The minimum atomic E-state index is -0.151. The van der Waals surface area contributed by atoms with Crippen molar-refractivity contribution in [1.82, 2.24) is 9.97 Å². The van der Waals surface area contributed by atoms with E-state index in [-0.39, 0.29) is 45.9 Å². The summed E-state index contributed by atoms with van der Waals surface area (Å²) in [5, 5.41) is 14.6. The molecule has 202 valence electrons. The van der Waals surface area contributed by atoms with Crippen LogP contribution in [0.3, 0.4) is 0 Å². The van der Waals surface area contributed by atoms with Crippen molar-refractivity contribution >= 4 is 69.5 Å². The summed E-state index contributed by atoms with van der Waals surface area (Å²) in [6.07, 6.45) is 7.34. The quantitative estimate of drug-likeness (QED) is 0.210. The third-order valence-corrected chi connectivity index (χ3v) is 7.81. The Morgan fingerprint density at radius 2 is 1.77 bits per heavy atom. The number of benzene rings is 2. The van der Waals surface area contributed by atoms with Gasteiger partial charge in [-0.25, -0.2) is 4.98 Å². The highest BCUT2D eigenvalue weighted by molar-refractivity contribution is 6.37. The second-order valence-electron chi connectivity index (χ2n) is 10.1. The molecule has 3 heterocycles. The summed E-state index contributed by atoms with van der Waals surface area (Å²) in [6.45, 7) is 1.74. The first kappa shape index (κ1) is 27.5. The Morgan fingerprint density at radius 3 is 2.44 bits per heavy atom. The lowest BCUT2D eigenvalue weighted by molar-refractivity contribution is 0.0968. The maximum Gasteiger partial charge on any atom is 0.169 e. The average Bonchev–Trinajstić information content (AvgIpc) is 3.77. The zero-order valence-electron chi connectivity index (χ0n) is 21.0. The van der Waals surface area contributed by atoms with Gasteiger partial charge in [0.1, 0.15) is 5.82 Å². The van der Waals surface area contributed by atoms with Gasteiger partial charge in [-0.1, -0.05) is 29.3 Å². The molecule has 1 saturated heterocycles. The number of aromatic hydroxyl groups is 1. The normalized spacial score (nSPS) is 17.1. The number of carbonyl (C=O) groups excluding carboxylic acids is 1. The number of hydrogen-bond acceptors (Lipinski definition) is 7. The molecule has 0 spiro atoms. The summed E-state index contributed by atoms with van der Waals surface area (Å²) in [5.74, 6) is 0.871. The predicted octanol–water partition coefficient (Wildman–Crippen LogP) is 6.99. The molecule has 6 rings (SSSR count). The number of nitrogens with two attached hydrogens (primary N) is 1. The first-order chi connectivity index (χ1) is 18.4. The minimum Gasteiger partial charge on any atom is -0.505 e. The van der Waals surface area contributed by atoms with Gasteiger partial charge in [-0.15, -0.1) is 12.4 Å². The van der Waals surface area contributed by atoms with Crippen molar-refractivity contribution in [3.05, 3.63) is 70.5 Å². The van der Waals surface area contributed by atoms with Gasteiger partial charge in [0.2, 0.25) is 0 Å². The molecule has 4 N–H and O–H groups in total. The van der Waals surface area contributed by atoms with Crippen LogP contribution in [0.4, 0.5) is 17.2 Å². The Morgan fingerprint density at radius 1 is 1.00 bits per heavy atom. The first-order valence-corrected chi connectivity index (χ1v) is 13.5. The number of aromatic nitrogens is 2. The molecule has 2 aromatic heterocycles. The molecule has 4 aromatic rings. The van der Waals surface area contributed by atoms with Crippen LogP contribution in [0.2, 0.25) is 10.0 Å². The molecule has 1 saturated carbocycles. The Hall–Kier alpha value is -3.10. The van der Waals surface area contributed by atoms with E-state index in [9.17, 15) is 9.90 Å². The average molecular weight is 585 g/mol. The molecule has 2 aliphatic rings. The topological polar surface area (TPSA) is 104 Å². The van der Waals surface area contributed by atoms with Gasteiger partial charge in [-0.3, -0.25) is 9.78 Å². The molecule has 0 bridgehead atoms. The molecule has 10 heteroatoms. The number of rotatable bonds is 6. The summed E-state index contributed by atoms with van der Waals surface area (Å²) in [6, 6.07) is 13.2. The van der Waals surface area contributed by atoms with Gasteiger partial charge < -0.3 is 21.1 Å². The number of ketones is 1. The second kappa shape index (κ2) is 11.2. The van der Waals surface area contributed by atoms with Crippen molar-refractivity contribution in [2.75, 3.05) is 23.3 Å². The highest BCUT2D eigenvalue weighted by Crippen LogP contribution is 2.40. The standard InChI is InChI=1S/C29H27Cl2N5O2.ClH/c30-23-11-18(12-24(31)29(23)38)17-5-7-25-21(10-17)27(22(14-33-25)28(37)16-3-4-16)35-20-6-8-26(34-13-20)36-9-1-2-19(32)15-36;/h5-8,10-14,16,19,38H,1-4,9,15,32H2,(H,33,35);1H. The van der Waals surface area contributed by atoms with Crippen LogP contribution in [0.5, 0.6) is 5.75 Å². The van der Waals surface area contributed by atoms with Crippen LogP contribution < -0.4 is 16.0 Å². The van der Waals surface area contributed by atoms with Crippen molar-refractivity contribution in [3.8, 4) is 16.9 Å². The lowest BCUT2D eigenvalue weighted by Gasteiger charge is -2.31. The largest absolute Gasteiger partial charge is 0.505 e. The van der Waals surface area contributed by atoms with Crippen LogP contribution in [0, 0.1) is 5.92 Å². The molecule has 2 fully saturated rings. The Bertz CT molecular complexity index is 1520. The van der Waals surface area contributed by atoms with E-state index >= 15 is 0 Å². The van der Waals surface area contributed by atoms with Crippen LogP contribution >= 0.6 is 35.6 Å². The van der Waals surface area contributed by atoms with Crippen LogP contribution in [0.15, 0.2) is 54.9 Å². The minimum absolute atomic E-state index is 0. The lowest BCUT2D eigenvalue weighted by atomic mass is 9.99. The Labute approximate surface area is 242 Å². The van der Waals surface area contributed by atoms with Gasteiger partial charge in [-0.2, -0.15) is 0 Å². The van der Waals surface area contributed by atoms with Gasteiger partial charge in [-0.05, 0) is 73.2 Å². The molecule has 1 aliphatic carbocycles. The number of nitrogens with one attached hydrogen (secondary N) is 1. The van der Waals surface area contributed by atoms with Crippen LogP contribution in [0.1, 0.15) is 36.0 Å². The molecular formula is C29H28Cl3N5O2. The number of carbonyl (C=O) groups is 1. The van der Waals surface area contributed by atoms with E-state index in [2.05, 4.69) is 20.2 Å². The van der Waals surface area contributed by atoms with Crippen LogP contribution in [0.25, 0.3) is 22.0 Å². The van der Waals surface area contributed by atoms with Gasteiger partial charge in [0.25, 0.3) is 0 Å². The number of nitrogens with zero attached hydrogens (tertiary/aromatic N) is 3. The summed E-state index contributed by atoms with van der Waals surface area (Å²) >= 11 is 12.4. The number of phenolic OH excluding ortho intramolecular Hbond substituents is 1. The number of hydrogen-bond donors (Lipinski definition) is 3. The Balaban J connectivity index is 0.00000308. The van der Waals surface area contributed by atoms with Crippen molar-refractivity contribution in [2.24, 2.45) is 11.7 Å². The molecular weight excluding hydrogens is 557 g/mol. The maximum absolute atomic E-state index is 13.3. The number of anilines is 3. The number of phenols is 1. The van der Waals surface area contributed by atoms with E-state index in [0.717, 1.165) is 72.3 Å². The fourth-order valence-corrected chi connectivity index (χ4v) is 5.49. The van der Waals surface area contributed by atoms with Crippen molar-refractivity contribution in [3.63, 3.8) is 0 Å². The SMILES string of the molecule is Cl.NC1CCCN(c2ccc(Nc3c(C(=O)C4CC4)cnc4ccc(-c5cc(Cl)c(O)c(Cl)c5)cc34)cn2)C1. The monoisotopic (exact) mass is 583 g/mol. The first-order valence-electron chi connectivity index (χ1n) is 12.8. The van der Waals surface area contributed by atoms with Gasteiger partial charge in [0, 0.05) is 36.6 Å². The maximum atomic E-state index is 13.3. The molecule has 1 atom stereocenters. The third kappa shape index (κ3) is 5.63. The third-order valence-electron chi connectivity index (χ3n) is 7.23. The predicted molar refractivity (Wildman–Crippen MR) is 160 cm³/mol. The molecule has 1 aliphatic heterocycles. The van der Waals surface area contributed by atoms with Crippen LogP contribution in [-0.2, 0) is 0 Å². The van der Waals surface area contributed by atoms with E-state index < -0.39 is 0 Å². The Kier molecular flexibility index (Phi) is 7.87. The number of piperidine rings is 1. The number of Topliss-reactive ketones (excluding diaryl/α,β-unsaturated/α-hetero) is 1. The summed E-state index contributed by atoms with van der Waals surface area (Å²) in [4.78, 5) is 24.7. The van der Waals surface area contributed by atoms with Gasteiger partial charge >= 0.3 is 0 Å². The molecule has 1 unspecified atom stereocenters. The highest BCUT2D eigenvalue weighted by Gasteiger charge is 2.32. The fraction of sp³-hybridized carbons (Fsp3) is 0.276. The van der Waals surface area contributed by atoms with E-state index in [4.69, 9.17) is 28.9 Å². The summed E-state index contributed by atoms with van der Waals surface area (Å²) < 4.78 is 0. The van der Waals surface area contributed by atoms with Crippen molar-refractivity contribution in [1.29, 1.82) is 0 Å². The molecule has 2 aromatic carbocycles. The summed E-state index contributed by atoms with van der Waals surface area (Å²) in [7, 11) is 0. The smallest absolute Gasteiger partial charge is 0.169 e. The number of halogens is 3. The lowest BCUT2D eigenvalue weighted by Crippen LogP contribution is -2.43. The van der Waals surface area contributed by atoms with Crippen molar-refractivity contribution in [2.45, 2.75) is 31.7 Å². The summed E-state index contributed by atoms with van der Waals surface area (Å²) in [5.41, 5.74) is 10.5.